The fourth-order valence-electron chi connectivity index (χ4n) is 2.75. The molecule has 1 atom stereocenters. The van der Waals surface area contributed by atoms with E-state index < -0.39 is 6.10 Å². The maximum Gasteiger partial charge on any atom is 0.119 e. The molecule has 1 fully saturated rings. The first-order valence-corrected chi connectivity index (χ1v) is 7.67. The van der Waals surface area contributed by atoms with Gasteiger partial charge in [-0.3, -0.25) is 0 Å². The van der Waals surface area contributed by atoms with Crippen LogP contribution in [0.3, 0.4) is 0 Å². The largest absolute Gasteiger partial charge is 0.491 e. The molecule has 1 aliphatic carbocycles. The summed E-state index contributed by atoms with van der Waals surface area (Å²) in [5.41, 5.74) is 0.767. The number of aliphatic hydroxyl groups is 1. The Hall–Kier alpha value is -1.57. The maximum absolute atomic E-state index is 10.0. The smallest absolute Gasteiger partial charge is 0.119 e. The maximum atomic E-state index is 10.0. The standard InChI is InChI=1S/C17H24N2O2/c1-17(9-3-2-4-10-17)19-12-15(20)13-21-16-7-5-14(11-18)6-8-16/h5-8,15,19-20H,2-4,9-10,12-13H2,1H3. The number of hydrogen-bond donors (Lipinski definition) is 2. The highest BCUT2D eigenvalue weighted by Gasteiger charge is 2.26. The molecule has 1 aromatic carbocycles. The van der Waals surface area contributed by atoms with Crippen LogP contribution < -0.4 is 10.1 Å². The molecule has 4 nitrogen and oxygen atoms in total. The lowest BCUT2D eigenvalue weighted by Crippen LogP contribution is -2.48. The molecule has 1 aliphatic rings. The summed E-state index contributed by atoms with van der Waals surface area (Å²) in [5.74, 6) is 0.678. The summed E-state index contributed by atoms with van der Waals surface area (Å²) in [7, 11) is 0. The van der Waals surface area contributed by atoms with E-state index in [0.29, 0.717) is 17.9 Å². The zero-order valence-corrected chi connectivity index (χ0v) is 12.6. The lowest BCUT2D eigenvalue weighted by atomic mass is 9.83. The molecule has 0 heterocycles. The summed E-state index contributed by atoms with van der Waals surface area (Å²) in [5, 5.41) is 22.2. The summed E-state index contributed by atoms with van der Waals surface area (Å²) in [4.78, 5) is 0. The average molecular weight is 288 g/mol. The highest BCUT2D eigenvalue weighted by Crippen LogP contribution is 2.27. The molecule has 114 valence electrons. The Balaban J connectivity index is 1.71. The van der Waals surface area contributed by atoms with E-state index in [2.05, 4.69) is 18.3 Å². The monoisotopic (exact) mass is 288 g/mol. The van der Waals surface area contributed by atoms with E-state index in [4.69, 9.17) is 10.00 Å². The predicted octanol–water partition coefficient (Wildman–Crippen LogP) is 2.61. The van der Waals surface area contributed by atoms with E-state index in [9.17, 15) is 5.11 Å². The number of β-amino-alcohol motifs (C(OH)–C–C–N with tert-alkyl or cyclic N) is 1. The number of ether oxygens (including phenoxy) is 1. The van der Waals surface area contributed by atoms with E-state index >= 15 is 0 Å². The van der Waals surface area contributed by atoms with E-state index in [1.54, 1.807) is 24.3 Å². The van der Waals surface area contributed by atoms with Crippen molar-refractivity contribution < 1.29 is 9.84 Å². The summed E-state index contributed by atoms with van der Waals surface area (Å²) >= 11 is 0. The number of nitrogens with zero attached hydrogens (tertiary/aromatic N) is 1. The molecule has 0 bridgehead atoms. The molecule has 1 aromatic rings. The second-order valence-electron chi connectivity index (χ2n) is 6.10. The Kier molecular flexibility index (Phi) is 5.60. The van der Waals surface area contributed by atoms with Gasteiger partial charge in [0.25, 0.3) is 0 Å². The number of nitriles is 1. The number of aliphatic hydroxyl groups excluding tert-OH is 1. The molecule has 0 amide bonds. The van der Waals surface area contributed by atoms with Crippen LogP contribution >= 0.6 is 0 Å². The van der Waals surface area contributed by atoms with Gasteiger partial charge in [-0.15, -0.1) is 0 Å². The highest BCUT2D eigenvalue weighted by atomic mass is 16.5. The average Bonchev–Trinajstić information content (AvgIpc) is 2.52. The summed E-state index contributed by atoms with van der Waals surface area (Å²) < 4.78 is 5.54. The fraction of sp³-hybridized carbons (Fsp3) is 0.588. The van der Waals surface area contributed by atoms with Gasteiger partial charge in [0.15, 0.2) is 0 Å². The van der Waals surface area contributed by atoms with Gasteiger partial charge in [0, 0.05) is 12.1 Å². The van der Waals surface area contributed by atoms with Crippen molar-refractivity contribution in [3.63, 3.8) is 0 Å². The van der Waals surface area contributed by atoms with Crippen molar-refractivity contribution in [1.29, 1.82) is 5.26 Å². The molecule has 4 heteroatoms. The van der Waals surface area contributed by atoms with Crippen molar-refractivity contribution in [3.8, 4) is 11.8 Å². The van der Waals surface area contributed by atoms with E-state index in [-0.39, 0.29) is 12.1 Å². The van der Waals surface area contributed by atoms with Crippen molar-refractivity contribution in [2.45, 2.75) is 50.7 Å². The number of hydrogen-bond acceptors (Lipinski definition) is 4. The molecular formula is C17H24N2O2. The van der Waals surface area contributed by atoms with E-state index in [0.717, 1.165) is 0 Å². The molecule has 1 saturated carbocycles. The Morgan fingerprint density at radius 1 is 1.29 bits per heavy atom. The number of benzene rings is 1. The zero-order chi connectivity index (χ0) is 15.1. The molecule has 1 unspecified atom stereocenters. The molecule has 0 aromatic heterocycles. The summed E-state index contributed by atoms with van der Waals surface area (Å²) in [6.07, 6.45) is 5.68. The van der Waals surface area contributed by atoms with Gasteiger partial charge in [0.2, 0.25) is 0 Å². The molecule has 0 radical (unpaired) electrons. The number of rotatable bonds is 6. The van der Waals surface area contributed by atoms with Gasteiger partial charge in [-0.25, -0.2) is 0 Å². The van der Waals surface area contributed by atoms with Crippen molar-refractivity contribution in [2.75, 3.05) is 13.2 Å². The van der Waals surface area contributed by atoms with E-state index in [1.165, 1.54) is 32.1 Å². The minimum Gasteiger partial charge on any atom is -0.491 e. The van der Waals surface area contributed by atoms with Gasteiger partial charge in [0.1, 0.15) is 18.5 Å². The lowest BCUT2D eigenvalue weighted by molar-refractivity contribution is 0.0930. The molecule has 0 spiro atoms. The van der Waals surface area contributed by atoms with Crippen LogP contribution in [0.2, 0.25) is 0 Å². The Morgan fingerprint density at radius 3 is 2.57 bits per heavy atom. The quantitative estimate of drug-likeness (QED) is 0.844. The van der Waals surface area contributed by atoms with Gasteiger partial charge < -0.3 is 15.2 Å². The van der Waals surface area contributed by atoms with Crippen molar-refractivity contribution >= 4 is 0 Å². The third kappa shape index (κ3) is 5.04. The first-order valence-electron chi connectivity index (χ1n) is 7.67. The third-order valence-corrected chi connectivity index (χ3v) is 4.15. The van der Waals surface area contributed by atoms with Crippen LogP contribution in [0.25, 0.3) is 0 Å². The third-order valence-electron chi connectivity index (χ3n) is 4.15. The first-order chi connectivity index (χ1) is 10.1. The van der Waals surface area contributed by atoms with Gasteiger partial charge in [0.05, 0.1) is 11.6 Å². The van der Waals surface area contributed by atoms with Crippen molar-refractivity contribution in [1.82, 2.24) is 5.32 Å². The van der Waals surface area contributed by atoms with Gasteiger partial charge in [-0.1, -0.05) is 19.3 Å². The zero-order valence-electron chi connectivity index (χ0n) is 12.6. The van der Waals surface area contributed by atoms with Crippen LogP contribution in [0.15, 0.2) is 24.3 Å². The van der Waals surface area contributed by atoms with Crippen molar-refractivity contribution in [2.24, 2.45) is 0 Å². The highest BCUT2D eigenvalue weighted by molar-refractivity contribution is 5.34. The minimum absolute atomic E-state index is 0.160. The molecule has 0 aliphatic heterocycles. The fourth-order valence-corrected chi connectivity index (χ4v) is 2.75. The Labute approximate surface area is 126 Å². The topological polar surface area (TPSA) is 65.3 Å². The first kappa shape index (κ1) is 15.8. The lowest BCUT2D eigenvalue weighted by Gasteiger charge is -2.35. The molecule has 0 saturated heterocycles. The molecular weight excluding hydrogens is 264 g/mol. The second-order valence-corrected chi connectivity index (χ2v) is 6.10. The minimum atomic E-state index is -0.528. The number of nitrogens with one attached hydrogen (secondary N) is 1. The van der Waals surface area contributed by atoms with Crippen LogP contribution in [0.5, 0.6) is 5.75 Å². The van der Waals surface area contributed by atoms with Gasteiger partial charge in [-0.05, 0) is 44.0 Å². The summed E-state index contributed by atoms with van der Waals surface area (Å²) in [6, 6.07) is 8.99. The molecule has 2 N–H and O–H groups in total. The van der Waals surface area contributed by atoms with Crippen LogP contribution in [0.4, 0.5) is 0 Å². The normalized spacial score (nSPS) is 18.7. The Bertz CT molecular complexity index is 473. The second kappa shape index (κ2) is 7.44. The molecule has 21 heavy (non-hydrogen) atoms. The van der Waals surface area contributed by atoms with Gasteiger partial charge >= 0.3 is 0 Å². The summed E-state index contributed by atoms with van der Waals surface area (Å²) in [6.45, 7) is 3.04. The van der Waals surface area contributed by atoms with Crippen molar-refractivity contribution in [3.05, 3.63) is 29.8 Å². The van der Waals surface area contributed by atoms with Crippen LogP contribution in [-0.4, -0.2) is 29.9 Å². The SMILES string of the molecule is CC1(NCC(O)COc2ccc(C#N)cc2)CCCCC1. The van der Waals surface area contributed by atoms with Crippen LogP contribution in [-0.2, 0) is 0 Å². The van der Waals surface area contributed by atoms with Crippen LogP contribution in [0, 0.1) is 11.3 Å². The predicted molar refractivity (Wildman–Crippen MR) is 82.2 cm³/mol. The van der Waals surface area contributed by atoms with Crippen LogP contribution in [0.1, 0.15) is 44.6 Å². The molecule has 2 rings (SSSR count). The van der Waals surface area contributed by atoms with Gasteiger partial charge in [-0.2, -0.15) is 5.26 Å². The Morgan fingerprint density at radius 2 is 1.95 bits per heavy atom. The van der Waals surface area contributed by atoms with E-state index in [1.807, 2.05) is 0 Å².